The van der Waals surface area contributed by atoms with Crippen molar-refractivity contribution < 1.29 is 47.2 Å². The third-order valence-corrected chi connectivity index (χ3v) is 14.7. The van der Waals surface area contributed by atoms with Gasteiger partial charge in [-0.05, 0) is 0 Å². The van der Waals surface area contributed by atoms with Crippen molar-refractivity contribution in [3.63, 3.8) is 0 Å². The van der Waals surface area contributed by atoms with Crippen LogP contribution < -0.4 is 24.8 Å². The summed E-state index contributed by atoms with van der Waals surface area (Å²) in [5.74, 6) is 0.477. The fourth-order valence-corrected chi connectivity index (χ4v) is 13.0. The third-order valence-electron chi connectivity index (χ3n) is 5.75. The molecule has 0 bridgehead atoms. The number of allylic oxidation sites excluding steroid dienone is 1. The Kier molecular flexibility index (Phi) is 12.5. The molecule has 3 rings (SSSR count). The van der Waals surface area contributed by atoms with Crippen LogP contribution in [0.4, 0.5) is 0 Å². The minimum atomic E-state index is -0.399. The van der Waals surface area contributed by atoms with E-state index in [1.54, 1.807) is 16.7 Å². The van der Waals surface area contributed by atoms with Crippen LogP contribution in [0.3, 0.4) is 0 Å². The molecule has 2 aromatic carbocycles. The molecule has 0 saturated heterocycles. The molecule has 30 heavy (non-hydrogen) atoms. The van der Waals surface area contributed by atoms with Gasteiger partial charge in [0.1, 0.15) is 0 Å². The average molecular weight is 538 g/mol. The van der Waals surface area contributed by atoms with E-state index in [-0.39, 0.29) is 30.7 Å². The van der Waals surface area contributed by atoms with E-state index in [0.717, 1.165) is 3.63 Å². The number of hydrogen-bond donors (Lipinski definition) is 0. The second-order valence-electron chi connectivity index (χ2n) is 8.70. The number of benzene rings is 2. The van der Waals surface area contributed by atoms with Gasteiger partial charge in [-0.15, -0.1) is 0 Å². The number of rotatable bonds is 9. The van der Waals surface area contributed by atoms with E-state index < -0.39 is 22.4 Å². The molecule has 0 spiro atoms. The van der Waals surface area contributed by atoms with Crippen LogP contribution in [0.1, 0.15) is 79.1 Å². The quantitative estimate of drug-likeness (QED) is 0.340. The summed E-state index contributed by atoms with van der Waals surface area (Å²) in [5, 5.41) is 0. The topological polar surface area (TPSA) is 0 Å². The van der Waals surface area contributed by atoms with E-state index in [2.05, 4.69) is 82.4 Å². The molecular formula is C26H35Cl2SiZr. The Bertz CT molecular complexity index is 815. The van der Waals surface area contributed by atoms with Crippen molar-refractivity contribution in [1.29, 1.82) is 0 Å². The van der Waals surface area contributed by atoms with Crippen LogP contribution in [-0.4, -0.2) is 5.92 Å². The molecule has 0 fully saturated rings. The van der Waals surface area contributed by atoms with Gasteiger partial charge in [0.2, 0.25) is 0 Å². The van der Waals surface area contributed by atoms with Crippen molar-refractivity contribution >= 4 is 12.0 Å². The summed E-state index contributed by atoms with van der Waals surface area (Å²) >= 11 is -0.399. The SMILES string of the molecule is CCCCCCC1=Cc2c(-c3ccccc3)cc(C(C)C)cc2[CH]1[Zr+2][Si](C)C.[Cl-].[Cl-]. The molecule has 0 heterocycles. The predicted molar refractivity (Wildman–Crippen MR) is 123 cm³/mol. The van der Waals surface area contributed by atoms with Gasteiger partial charge in [0.05, 0.1) is 0 Å². The van der Waals surface area contributed by atoms with Gasteiger partial charge in [-0.2, -0.15) is 0 Å². The largest absolute Gasteiger partial charge is 1.00 e. The van der Waals surface area contributed by atoms with Crippen molar-refractivity contribution in [2.45, 2.75) is 75.5 Å². The maximum atomic E-state index is 2.62. The van der Waals surface area contributed by atoms with Crippen LogP contribution in [0.15, 0.2) is 48.0 Å². The molecule has 161 valence electrons. The molecule has 1 aliphatic carbocycles. The second kappa shape index (κ2) is 13.4. The third kappa shape index (κ3) is 6.93. The van der Waals surface area contributed by atoms with Gasteiger partial charge in [0, 0.05) is 0 Å². The smallest absolute Gasteiger partial charge is 1.00 e. The summed E-state index contributed by atoms with van der Waals surface area (Å²) in [7, 11) is 0. The molecule has 1 unspecified atom stereocenters. The monoisotopic (exact) mass is 535 g/mol. The van der Waals surface area contributed by atoms with E-state index in [4.69, 9.17) is 0 Å². The summed E-state index contributed by atoms with van der Waals surface area (Å²) < 4.78 is 0.824. The van der Waals surface area contributed by atoms with E-state index in [0.29, 0.717) is 5.92 Å². The zero-order valence-electron chi connectivity index (χ0n) is 19.1. The van der Waals surface area contributed by atoms with E-state index in [1.165, 1.54) is 48.8 Å². The van der Waals surface area contributed by atoms with Crippen LogP contribution in [0, 0.1) is 0 Å². The van der Waals surface area contributed by atoms with Crippen LogP contribution in [0.2, 0.25) is 13.1 Å². The Labute approximate surface area is 209 Å². The summed E-state index contributed by atoms with van der Waals surface area (Å²) in [6.07, 6.45) is 9.41. The number of halogens is 2. The minimum absolute atomic E-state index is 0. The van der Waals surface area contributed by atoms with E-state index >= 15 is 0 Å². The molecule has 4 heteroatoms. The molecule has 1 radical (unpaired) electrons. The van der Waals surface area contributed by atoms with Gasteiger partial charge in [0.15, 0.2) is 0 Å². The second-order valence-corrected chi connectivity index (χ2v) is 21.9. The Balaban J connectivity index is 0.00000225. The van der Waals surface area contributed by atoms with Crippen molar-refractivity contribution in [2.75, 3.05) is 0 Å². The van der Waals surface area contributed by atoms with Crippen molar-refractivity contribution in [3.8, 4) is 11.1 Å². The van der Waals surface area contributed by atoms with Gasteiger partial charge in [-0.3, -0.25) is 0 Å². The maximum absolute atomic E-state index is 2.62. The molecule has 0 N–H and O–H groups in total. The summed E-state index contributed by atoms with van der Waals surface area (Å²) in [6.45, 7) is 12.1. The molecule has 2 aromatic rings. The maximum Gasteiger partial charge on any atom is -1.00 e. The molecule has 0 amide bonds. The Morgan fingerprint density at radius 1 is 0.967 bits per heavy atom. The Hall–Kier alpha value is -0.140. The first-order valence-electron chi connectivity index (χ1n) is 11.0. The normalized spacial score (nSPS) is 14.6. The van der Waals surface area contributed by atoms with Crippen LogP contribution in [-0.2, 0) is 22.4 Å². The van der Waals surface area contributed by atoms with Gasteiger partial charge < -0.3 is 24.8 Å². The van der Waals surface area contributed by atoms with Gasteiger partial charge >= 0.3 is 186 Å². The van der Waals surface area contributed by atoms with E-state index in [9.17, 15) is 0 Å². The molecule has 0 aliphatic heterocycles. The molecule has 0 aromatic heterocycles. The van der Waals surface area contributed by atoms with Crippen LogP contribution in [0.25, 0.3) is 17.2 Å². The predicted octanol–water partition coefficient (Wildman–Crippen LogP) is 2.23. The van der Waals surface area contributed by atoms with Gasteiger partial charge in [-0.1, -0.05) is 0 Å². The summed E-state index contributed by atoms with van der Waals surface area (Å²) in [4.78, 5) is 0. The number of hydrogen-bond acceptors (Lipinski definition) is 0. The first kappa shape index (κ1) is 27.9. The molecular weight excluding hydrogens is 503 g/mol. The van der Waals surface area contributed by atoms with E-state index in [1.807, 2.05) is 0 Å². The standard InChI is InChI=1S/C24H29.C2H6Si.2ClH.Zr/c1-4-5-6-8-11-19-14-22-16-21(18(2)3)17-24(23(22)15-19)20-12-9-7-10-13-20;1-3-2;;;/h7,9-10,12-18H,4-6,8,11H2,1-3H3;1-2H3;2*1H;/q;;;;+2/p-2. The van der Waals surface area contributed by atoms with Gasteiger partial charge in [0.25, 0.3) is 0 Å². The number of unbranched alkanes of at least 4 members (excludes halogenated alkanes) is 3. The summed E-state index contributed by atoms with van der Waals surface area (Å²) in [5.41, 5.74) is 9.39. The first-order valence-corrected chi connectivity index (χ1v) is 18.6. The van der Waals surface area contributed by atoms with Crippen molar-refractivity contribution in [3.05, 3.63) is 64.7 Å². The Morgan fingerprint density at radius 3 is 2.27 bits per heavy atom. The zero-order valence-corrected chi connectivity index (χ0v) is 24.0. The number of fused-ring (bicyclic) bond motifs is 1. The van der Waals surface area contributed by atoms with Crippen molar-refractivity contribution in [1.82, 2.24) is 0 Å². The summed E-state index contributed by atoms with van der Waals surface area (Å²) in [6, 6.07) is 16.1. The Morgan fingerprint density at radius 2 is 1.67 bits per heavy atom. The van der Waals surface area contributed by atoms with Crippen molar-refractivity contribution in [2.24, 2.45) is 0 Å². The molecule has 1 aliphatic rings. The molecule has 0 nitrogen and oxygen atoms in total. The van der Waals surface area contributed by atoms with Crippen LogP contribution >= 0.6 is 0 Å². The first-order chi connectivity index (χ1) is 13.5. The fourth-order valence-electron chi connectivity index (χ4n) is 4.19. The average Bonchev–Trinajstić information content (AvgIpc) is 3.02. The zero-order chi connectivity index (χ0) is 20.1. The minimum Gasteiger partial charge on any atom is -1.00 e. The van der Waals surface area contributed by atoms with Gasteiger partial charge in [-0.25, -0.2) is 0 Å². The fraction of sp³-hybridized carbons (Fsp3) is 0.462. The molecule has 0 saturated carbocycles. The van der Waals surface area contributed by atoms with Crippen LogP contribution in [0.5, 0.6) is 0 Å². The molecule has 1 atom stereocenters.